The van der Waals surface area contributed by atoms with Crippen LogP contribution in [-0.4, -0.2) is 47.1 Å². The Morgan fingerprint density at radius 1 is 0.500 bits per heavy atom. The summed E-state index contributed by atoms with van der Waals surface area (Å²) < 4.78 is 25.6. The molecule has 0 radical (unpaired) electrons. The first kappa shape index (κ1) is 67.0. The number of unbranched alkanes of at least 4 members (excludes halogenated alkanes) is 24. The molecule has 0 aromatic heterocycles. The number of fused-ring (bicyclic) bond motifs is 2. The van der Waals surface area contributed by atoms with E-state index in [2.05, 4.69) is 162 Å². The number of carbonyl (C=O) groups excluding carboxylic acids is 2. The van der Waals surface area contributed by atoms with Gasteiger partial charge < -0.3 is 18.9 Å². The fourth-order valence-corrected chi connectivity index (χ4v) is 13.1. The summed E-state index contributed by atoms with van der Waals surface area (Å²) in [6.07, 6.45) is 65.5. The number of rotatable bonds is 39. The van der Waals surface area contributed by atoms with Crippen molar-refractivity contribution in [3.8, 4) is 0 Å². The van der Waals surface area contributed by atoms with Gasteiger partial charge in [-0.05, 0) is 95.9 Å². The van der Waals surface area contributed by atoms with Crippen LogP contribution < -0.4 is 0 Å². The maximum absolute atomic E-state index is 13.0. The van der Waals surface area contributed by atoms with E-state index in [0.717, 1.165) is 67.2 Å². The molecule has 6 heteroatoms. The van der Waals surface area contributed by atoms with Crippen molar-refractivity contribution in [3.05, 3.63) is 107 Å². The fraction of sp³-hybridized carbons (Fsp3) is 0.722. The fourth-order valence-electron chi connectivity index (χ4n) is 13.1. The third-order valence-electron chi connectivity index (χ3n) is 17.7. The van der Waals surface area contributed by atoms with Gasteiger partial charge in [0.15, 0.2) is 0 Å². The van der Waals surface area contributed by atoms with E-state index < -0.39 is 5.60 Å². The molecule has 6 nitrogen and oxygen atoms in total. The predicted molar refractivity (Wildman–Crippen MR) is 332 cm³/mol. The van der Waals surface area contributed by atoms with Crippen molar-refractivity contribution in [2.75, 3.05) is 0 Å². The molecule has 0 amide bonds. The Morgan fingerprint density at radius 2 is 0.897 bits per heavy atom. The molecular weight excluding hydrogens is 961 g/mol. The third-order valence-corrected chi connectivity index (χ3v) is 17.7. The molecular formula is C72H116O6. The number of allylic oxidation sites excluding steroid dienone is 14. The van der Waals surface area contributed by atoms with Gasteiger partial charge in [0.1, 0.15) is 23.4 Å². The van der Waals surface area contributed by atoms with Crippen LogP contribution in [0.25, 0.3) is 0 Å². The lowest BCUT2D eigenvalue weighted by Gasteiger charge is -2.45. The van der Waals surface area contributed by atoms with Crippen molar-refractivity contribution in [2.24, 2.45) is 10.8 Å². The minimum atomic E-state index is -0.448. The molecule has 0 bridgehead atoms. The summed E-state index contributed by atoms with van der Waals surface area (Å²) in [6.45, 7) is 26.5. The van der Waals surface area contributed by atoms with Crippen LogP contribution in [-0.2, 0) is 28.5 Å². The average Bonchev–Trinajstić information content (AvgIpc) is 4.06. The highest BCUT2D eigenvalue weighted by atomic mass is 16.6. The number of carbonyl (C=O) groups is 2. The largest absolute Gasteiger partial charge is 0.462 e. The van der Waals surface area contributed by atoms with E-state index in [0.29, 0.717) is 19.3 Å². The van der Waals surface area contributed by atoms with Gasteiger partial charge in [-0.1, -0.05) is 279 Å². The van der Waals surface area contributed by atoms with Gasteiger partial charge in [-0.25, -0.2) is 0 Å². The Bertz CT molecular complexity index is 2090. The van der Waals surface area contributed by atoms with Gasteiger partial charge in [-0.15, -0.1) is 0 Å². The lowest BCUT2D eigenvalue weighted by Crippen LogP contribution is -2.47. The maximum atomic E-state index is 13.0. The Morgan fingerprint density at radius 3 is 1.35 bits per heavy atom. The van der Waals surface area contributed by atoms with Crippen LogP contribution in [0.15, 0.2) is 107 Å². The summed E-state index contributed by atoms with van der Waals surface area (Å²) >= 11 is 0. The molecule has 3 fully saturated rings. The first-order valence-electron chi connectivity index (χ1n) is 32.2. The van der Waals surface area contributed by atoms with E-state index in [-0.39, 0.29) is 52.3 Å². The second-order valence-corrected chi connectivity index (χ2v) is 26.3. The van der Waals surface area contributed by atoms with Crippen LogP contribution in [0, 0.1) is 10.8 Å². The molecule has 2 aliphatic carbocycles. The van der Waals surface area contributed by atoms with Gasteiger partial charge in [-0.2, -0.15) is 0 Å². The Balaban J connectivity index is 1.12. The molecule has 0 spiro atoms. The lowest BCUT2D eigenvalue weighted by atomic mass is 9.63. The van der Waals surface area contributed by atoms with Crippen molar-refractivity contribution >= 4 is 11.9 Å². The van der Waals surface area contributed by atoms with Crippen LogP contribution in [0.4, 0.5) is 0 Å². The van der Waals surface area contributed by atoms with Crippen molar-refractivity contribution in [1.82, 2.24) is 0 Å². The monoisotopic (exact) mass is 1080 g/mol. The van der Waals surface area contributed by atoms with Gasteiger partial charge in [0.2, 0.25) is 0 Å². The van der Waals surface area contributed by atoms with E-state index in [9.17, 15) is 9.59 Å². The molecule has 0 aromatic rings. The SMILES string of the molecule is CCCCCCCCCCCCCCCC(=O)O[C@H]1CC(C)(C)C2=CC(/C(C)=C/C=C/C(C)=C/C=C/C=C(C)/C=C/C=C(C)/C=C/[C@@]34O[C@]3(C)C[C@@H](OC(=O)CCCCCCCCCCCCCCC)CC4(C)C)O[C@]2(C)C1. The summed E-state index contributed by atoms with van der Waals surface area (Å²) in [5, 5.41) is 0. The van der Waals surface area contributed by atoms with Gasteiger partial charge >= 0.3 is 11.9 Å². The van der Waals surface area contributed by atoms with Crippen LogP contribution in [0.1, 0.15) is 289 Å². The molecule has 6 atom stereocenters. The Labute approximate surface area is 479 Å². The smallest absolute Gasteiger partial charge is 0.306 e. The molecule has 1 unspecified atom stereocenters. The normalized spacial score (nSPS) is 26.3. The zero-order valence-electron chi connectivity index (χ0n) is 52.3. The maximum Gasteiger partial charge on any atom is 0.306 e. The molecule has 2 aliphatic heterocycles. The molecule has 0 N–H and O–H groups in total. The van der Waals surface area contributed by atoms with Gasteiger partial charge in [0, 0.05) is 31.1 Å². The molecule has 2 heterocycles. The summed E-state index contributed by atoms with van der Waals surface area (Å²) in [6, 6.07) is 0. The highest BCUT2D eigenvalue weighted by Gasteiger charge is 2.75. The first-order valence-corrected chi connectivity index (χ1v) is 32.2. The molecule has 0 aromatic carbocycles. The van der Waals surface area contributed by atoms with E-state index >= 15 is 0 Å². The molecule has 440 valence electrons. The van der Waals surface area contributed by atoms with E-state index in [1.165, 1.54) is 147 Å². The highest BCUT2D eigenvalue weighted by molar-refractivity contribution is 5.70. The second kappa shape index (κ2) is 34.7. The highest BCUT2D eigenvalue weighted by Crippen LogP contribution is 2.66. The second-order valence-electron chi connectivity index (χ2n) is 26.3. The van der Waals surface area contributed by atoms with Gasteiger partial charge in [0.05, 0.1) is 11.7 Å². The zero-order valence-corrected chi connectivity index (χ0v) is 52.3. The molecule has 4 aliphatic rings. The van der Waals surface area contributed by atoms with Crippen LogP contribution >= 0.6 is 0 Å². The van der Waals surface area contributed by atoms with Gasteiger partial charge in [0.25, 0.3) is 0 Å². The first-order chi connectivity index (χ1) is 37.3. The Hall–Kier alpha value is -3.48. The molecule has 4 rings (SSSR count). The summed E-state index contributed by atoms with van der Waals surface area (Å²) in [7, 11) is 0. The van der Waals surface area contributed by atoms with E-state index in [1.807, 2.05) is 0 Å². The minimum absolute atomic E-state index is 0.0496. The topological polar surface area (TPSA) is 74.4 Å². The zero-order chi connectivity index (χ0) is 56.9. The van der Waals surface area contributed by atoms with Crippen molar-refractivity contribution < 1.29 is 28.5 Å². The molecule has 2 saturated carbocycles. The number of esters is 2. The number of epoxide rings is 1. The van der Waals surface area contributed by atoms with Crippen LogP contribution in [0.3, 0.4) is 0 Å². The summed E-state index contributed by atoms with van der Waals surface area (Å²) in [5.41, 5.74) is 4.55. The molecule has 78 heavy (non-hydrogen) atoms. The van der Waals surface area contributed by atoms with Crippen LogP contribution in [0.5, 0.6) is 0 Å². The minimum Gasteiger partial charge on any atom is -0.462 e. The van der Waals surface area contributed by atoms with Crippen molar-refractivity contribution in [2.45, 2.75) is 324 Å². The van der Waals surface area contributed by atoms with Gasteiger partial charge in [-0.3, -0.25) is 9.59 Å². The summed E-state index contributed by atoms with van der Waals surface area (Å²) in [4.78, 5) is 25.9. The Kier molecular flexibility index (Phi) is 29.8. The van der Waals surface area contributed by atoms with Crippen molar-refractivity contribution in [1.29, 1.82) is 0 Å². The number of hydrogen-bond donors (Lipinski definition) is 0. The van der Waals surface area contributed by atoms with E-state index in [4.69, 9.17) is 18.9 Å². The number of ether oxygens (including phenoxy) is 4. The van der Waals surface area contributed by atoms with E-state index in [1.54, 1.807) is 0 Å². The standard InChI is InChI=1S/C72H116O6/c1-13-15-17-19-21-23-25-27-29-31-33-35-37-49-66(73)75-62-54-68(7,8)65-53-64(77-70(65,11)56-62)61(6)48-42-47-59(4)44-40-39-43-58(3)45-41-46-60(5)51-52-72-69(9,10)55-63(57-71(72,12)78-72)76-67(74)50-38-36-34-32-30-28-26-24-22-20-18-16-14-2/h39-48,51-53,62-64H,13-38,49-50,54-57H2,1-12H3/b40-39+,45-41+,47-42+,52-51+,58-43+,59-44+,60-46+,61-48+/t62-,63-,64?,70+,71+,72-/m0/s1. The van der Waals surface area contributed by atoms with Crippen molar-refractivity contribution in [3.63, 3.8) is 0 Å². The quantitative estimate of drug-likeness (QED) is 0.0201. The third kappa shape index (κ3) is 23.2. The average molecular weight is 1080 g/mol. The number of hydrogen-bond acceptors (Lipinski definition) is 6. The molecule has 1 saturated heterocycles. The predicted octanol–water partition coefficient (Wildman–Crippen LogP) is 21.0. The lowest BCUT2D eigenvalue weighted by molar-refractivity contribution is -0.157. The van der Waals surface area contributed by atoms with Crippen LogP contribution in [0.2, 0.25) is 0 Å². The summed E-state index contributed by atoms with van der Waals surface area (Å²) in [5.74, 6) is -0.103.